The van der Waals surface area contributed by atoms with Gasteiger partial charge in [-0.2, -0.15) is 0 Å². The molecule has 0 spiro atoms. The Hall–Kier alpha value is -0.760. The van der Waals surface area contributed by atoms with Gasteiger partial charge in [0.15, 0.2) is 0 Å². The predicted octanol–water partition coefficient (Wildman–Crippen LogP) is 3.84. The van der Waals surface area contributed by atoms with Crippen molar-refractivity contribution in [1.29, 1.82) is 0 Å². The molecule has 0 fully saturated rings. The quantitative estimate of drug-likeness (QED) is 0.738. The van der Waals surface area contributed by atoms with Crippen LogP contribution >= 0.6 is 15.9 Å². The van der Waals surface area contributed by atoms with E-state index in [-0.39, 0.29) is 6.10 Å². The highest BCUT2D eigenvalue weighted by Gasteiger charge is 2.20. The number of para-hydroxylation sites is 1. The van der Waals surface area contributed by atoms with Crippen molar-refractivity contribution >= 4 is 20.4 Å². The lowest BCUT2D eigenvalue weighted by Crippen LogP contribution is -2.23. The summed E-state index contributed by atoms with van der Waals surface area (Å²) < 4.78 is 6.99. The molecule has 74 valence electrons. The van der Waals surface area contributed by atoms with Gasteiger partial charge in [0.1, 0.15) is 11.9 Å². The van der Waals surface area contributed by atoms with Gasteiger partial charge in [0.05, 0.1) is 0 Å². The molecule has 2 rings (SSSR count). The highest BCUT2D eigenvalue weighted by Crippen LogP contribution is 2.36. The molecule has 0 saturated carbocycles. The maximum absolute atomic E-state index is 5.86. The molecule has 1 atom stereocenters. The highest BCUT2D eigenvalue weighted by atomic mass is 79.9. The summed E-state index contributed by atoms with van der Waals surface area (Å²) >= 11 is 3.58. The van der Waals surface area contributed by atoms with E-state index in [0.29, 0.717) is 5.92 Å². The van der Waals surface area contributed by atoms with Gasteiger partial charge in [0, 0.05) is 10.0 Å². The van der Waals surface area contributed by atoms with Crippen molar-refractivity contribution in [2.75, 3.05) is 0 Å². The number of ether oxygens (including phenoxy) is 1. The Kier molecular flexibility index (Phi) is 2.64. The fraction of sp³-hybridized carbons (Fsp3) is 0.333. The minimum atomic E-state index is 0.180. The summed E-state index contributed by atoms with van der Waals surface area (Å²) in [7, 11) is 0. The molecule has 1 nitrogen and oxygen atoms in total. The molecule has 1 unspecified atom stereocenters. The maximum atomic E-state index is 5.86. The Morgan fingerprint density at radius 2 is 2.00 bits per heavy atom. The SMILES string of the molecule is CC(C)C1C=C(Br)c2ccccc2O1. The van der Waals surface area contributed by atoms with E-state index in [1.807, 2.05) is 18.2 Å². The summed E-state index contributed by atoms with van der Waals surface area (Å²) in [5.41, 5.74) is 1.14. The second kappa shape index (κ2) is 3.77. The molecule has 0 amide bonds. The van der Waals surface area contributed by atoms with E-state index in [1.54, 1.807) is 0 Å². The maximum Gasteiger partial charge on any atom is 0.128 e. The van der Waals surface area contributed by atoms with Gasteiger partial charge >= 0.3 is 0 Å². The van der Waals surface area contributed by atoms with Gasteiger partial charge in [0.2, 0.25) is 0 Å². The zero-order chi connectivity index (χ0) is 10.1. The van der Waals surface area contributed by atoms with Crippen molar-refractivity contribution in [3.63, 3.8) is 0 Å². The van der Waals surface area contributed by atoms with Gasteiger partial charge in [-0.25, -0.2) is 0 Å². The fourth-order valence-electron chi connectivity index (χ4n) is 1.51. The first-order chi connectivity index (χ1) is 6.68. The lowest BCUT2D eigenvalue weighted by Gasteiger charge is -2.25. The van der Waals surface area contributed by atoms with Gasteiger partial charge in [-0.05, 0) is 18.1 Å². The molecule has 0 aromatic heterocycles. The van der Waals surface area contributed by atoms with Crippen molar-refractivity contribution in [3.05, 3.63) is 35.9 Å². The van der Waals surface area contributed by atoms with Crippen molar-refractivity contribution in [1.82, 2.24) is 0 Å². The Morgan fingerprint density at radius 3 is 2.71 bits per heavy atom. The zero-order valence-corrected chi connectivity index (χ0v) is 9.91. The molecule has 2 heteroatoms. The molecule has 1 aliphatic rings. The Morgan fingerprint density at radius 1 is 1.29 bits per heavy atom. The average molecular weight is 253 g/mol. The van der Waals surface area contributed by atoms with E-state index >= 15 is 0 Å². The monoisotopic (exact) mass is 252 g/mol. The predicted molar refractivity (Wildman–Crippen MR) is 62.6 cm³/mol. The topological polar surface area (TPSA) is 9.23 Å². The standard InChI is InChI=1S/C12H13BrO/c1-8(2)12-7-10(13)9-5-3-4-6-11(9)14-12/h3-8,12H,1-2H3. The van der Waals surface area contributed by atoms with Crippen LogP contribution in [0.2, 0.25) is 0 Å². The van der Waals surface area contributed by atoms with Crippen LogP contribution in [0.4, 0.5) is 0 Å². The molecule has 0 bridgehead atoms. The van der Waals surface area contributed by atoms with Gasteiger partial charge in [-0.3, -0.25) is 0 Å². The smallest absolute Gasteiger partial charge is 0.128 e. The molecule has 0 saturated heterocycles. The van der Waals surface area contributed by atoms with Crippen LogP contribution in [0.25, 0.3) is 4.48 Å². The van der Waals surface area contributed by atoms with Crippen LogP contribution in [-0.4, -0.2) is 6.10 Å². The highest BCUT2D eigenvalue weighted by molar-refractivity contribution is 9.15. The van der Waals surface area contributed by atoms with Crippen molar-refractivity contribution < 1.29 is 4.74 Å². The van der Waals surface area contributed by atoms with Gasteiger partial charge in [-0.1, -0.05) is 48.0 Å². The van der Waals surface area contributed by atoms with E-state index in [1.165, 1.54) is 0 Å². The number of benzene rings is 1. The van der Waals surface area contributed by atoms with Crippen LogP contribution < -0.4 is 4.74 Å². The minimum absolute atomic E-state index is 0.180. The van der Waals surface area contributed by atoms with E-state index in [0.717, 1.165) is 15.8 Å². The largest absolute Gasteiger partial charge is 0.485 e. The summed E-state index contributed by atoms with van der Waals surface area (Å²) in [5, 5.41) is 0. The molecule has 0 aliphatic carbocycles. The Labute approximate surface area is 92.9 Å². The second-order valence-electron chi connectivity index (χ2n) is 3.84. The number of rotatable bonds is 1. The first-order valence-electron chi connectivity index (χ1n) is 4.82. The van der Waals surface area contributed by atoms with Crippen LogP contribution in [0.1, 0.15) is 19.4 Å². The molecule has 14 heavy (non-hydrogen) atoms. The van der Waals surface area contributed by atoms with Crippen LogP contribution in [0, 0.1) is 5.92 Å². The summed E-state index contributed by atoms with van der Waals surface area (Å²) in [6.07, 6.45) is 2.31. The van der Waals surface area contributed by atoms with Crippen LogP contribution in [-0.2, 0) is 0 Å². The normalized spacial score (nSPS) is 20.0. The first-order valence-corrected chi connectivity index (χ1v) is 5.61. The van der Waals surface area contributed by atoms with E-state index in [2.05, 4.69) is 41.9 Å². The summed E-state index contributed by atoms with van der Waals surface area (Å²) in [6, 6.07) is 8.10. The second-order valence-corrected chi connectivity index (χ2v) is 4.69. The van der Waals surface area contributed by atoms with Gasteiger partial charge in [-0.15, -0.1) is 0 Å². The number of halogens is 1. The third-order valence-electron chi connectivity index (χ3n) is 2.38. The fourth-order valence-corrected chi connectivity index (χ4v) is 2.10. The summed E-state index contributed by atoms with van der Waals surface area (Å²) in [4.78, 5) is 0. The van der Waals surface area contributed by atoms with Crippen molar-refractivity contribution in [3.8, 4) is 5.75 Å². The number of hydrogen-bond acceptors (Lipinski definition) is 1. The lowest BCUT2D eigenvalue weighted by atomic mass is 10.0. The first kappa shape index (κ1) is 9.78. The van der Waals surface area contributed by atoms with Crippen LogP contribution in [0.5, 0.6) is 5.75 Å². The average Bonchev–Trinajstić information content (AvgIpc) is 2.17. The molecule has 1 aromatic rings. The minimum Gasteiger partial charge on any atom is -0.485 e. The van der Waals surface area contributed by atoms with Crippen LogP contribution in [0.3, 0.4) is 0 Å². The van der Waals surface area contributed by atoms with Gasteiger partial charge < -0.3 is 4.74 Å². The van der Waals surface area contributed by atoms with Gasteiger partial charge in [0.25, 0.3) is 0 Å². The molecule has 0 radical (unpaired) electrons. The zero-order valence-electron chi connectivity index (χ0n) is 8.33. The van der Waals surface area contributed by atoms with Crippen molar-refractivity contribution in [2.24, 2.45) is 5.92 Å². The van der Waals surface area contributed by atoms with Crippen LogP contribution in [0.15, 0.2) is 30.3 Å². The van der Waals surface area contributed by atoms with E-state index in [4.69, 9.17) is 4.74 Å². The molecular formula is C12H13BrO. The molecule has 1 heterocycles. The van der Waals surface area contributed by atoms with E-state index in [9.17, 15) is 0 Å². The van der Waals surface area contributed by atoms with E-state index < -0.39 is 0 Å². The molecule has 0 N–H and O–H groups in total. The molecule has 1 aliphatic heterocycles. The molecular weight excluding hydrogens is 240 g/mol. The summed E-state index contributed by atoms with van der Waals surface area (Å²) in [5.74, 6) is 1.47. The number of fused-ring (bicyclic) bond motifs is 1. The third kappa shape index (κ3) is 1.71. The summed E-state index contributed by atoms with van der Waals surface area (Å²) in [6.45, 7) is 4.32. The Bertz CT molecular complexity index is 368. The molecule has 1 aromatic carbocycles. The number of hydrogen-bond donors (Lipinski definition) is 0. The Balaban J connectivity index is 2.39. The van der Waals surface area contributed by atoms with Crippen molar-refractivity contribution in [2.45, 2.75) is 20.0 Å². The lowest BCUT2D eigenvalue weighted by molar-refractivity contribution is 0.194. The third-order valence-corrected chi connectivity index (χ3v) is 3.07.